The molecule has 2 heteroatoms. The maximum Gasteiger partial charge on any atom is 0.141 e. The number of aliphatic hydroxyl groups excluding tert-OH is 1. The van der Waals surface area contributed by atoms with Gasteiger partial charge in [0.2, 0.25) is 0 Å². The molecule has 2 nitrogen and oxygen atoms in total. The number of hydrogen-bond donors (Lipinski definition) is 1. The lowest BCUT2D eigenvalue weighted by Crippen LogP contribution is -2.33. The molecular weight excluding hydrogens is 152 g/mol. The van der Waals surface area contributed by atoms with Gasteiger partial charge in [0.15, 0.2) is 0 Å². The first kappa shape index (κ1) is 9.72. The first-order chi connectivity index (χ1) is 5.66. The lowest BCUT2D eigenvalue weighted by atomic mass is 9.75. The molecule has 0 radical (unpaired) electrons. The van der Waals surface area contributed by atoms with Gasteiger partial charge in [0.1, 0.15) is 5.78 Å². The summed E-state index contributed by atoms with van der Waals surface area (Å²) in [5, 5.41) is 9.01. The van der Waals surface area contributed by atoms with Crippen molar-refractivity contribution in [3.05, 3.63) is 0 Å². The van der Waals surface area contributed by atoms with E-state index >= 15 is 0 Å². The van der Waals surface area contributed by atoms with Crippen LogP contribution in [0, 0.1) is 17.8 Å². The predicted molar refractivity (Wildman–Crippen MR) is 47.8 cm³/mol. The summed E-state index contributed by atoms with van der Waals surface area (Å²) in [6.45, 7) is 4.02. The largest absolute Gasteiger partial charge is 0.396 e. The fraction of sp³-hybridized carbons (Fsp3) is 0.900. The van der Waals surface area contributed by atoms with Crippen molar-refractivity contribution in [1.29, 1.82) is 0 Å². The Kier molecular flexibility index (Phi) is 3.27. The molecule has 1 unspecified atom stereocenters. The Morgan fingerprint density at radius 1 is 1.50 bits per heavy atom. The summed E-state index contributed by atoms with van der Waals surface area (Å²) in [5.41, 5.74) is 0. The fourth-order valence-electron chi connectivity index (χ4n) is 1.62. The molecule has 0 saturated heterocycles. The minimum atomic E-state index is -0.115. The van der Waals surface area contributed by atoms with Gasteiger partial charge in [-0.15, -0.1) is 0 Å². The highest BCUT2D eigenvalue weighted by Crippen LogP contribution is 2.31. The maximum absolute atomic E-state index is 11.6. The van der Waals surface area contributed by atoms with Crippen LogP contribution in [0.3, 0.4) is 0 Å². The minimum Gasteiger partial charge on any atom is -0.396 e. The number of carbonyl (C=O) groups excluding carboxylic acids is 1. The molecule has 0 aliphatic heterocycles. The van der Waals surface area contributed by atoms with Crippen molar-refractivity contribution >= 4 is 5.78 Å². The van der Waals surface area contributed by atoms with Gasteiger partial charge in [0.05, 0.1) is 6.61 Å². The highest BCUT2D eigenvalue weighted by molar-refractivity contribution is 5.84. The van der Waals surface area contributed by atoms with Crippen LogP contribution in [-0.2, 0) is 4.79 Å². The topological polar surface area (TPSA) is 37.3 Å². The molecule has 1 rings (SSSR count). The minimum absolute atomic E-state index is 0.0208. The Hall–Kier alpha value is -0.370. The third-order valence-electron chi connectivity index (χ3n) is 2.87. The van der Waals surface area contributed by atoms with Gasteiger partial charge in [0.25, 0.3) is 0 Å². The summed E-state index contributed by atoms with van der Waals surface area (Å²) < 4.78 is 0. The SMILES string of the molecule is CC(C)C(CO)C(=O)C1CCC1. The molecule has 1 fully saturated rings. The first-order valence-electron chi connectivity index (χ1n) is 4.81. The first-order valence-corrected chi connectivity index (χ1v) is 4.81. The van der Waals surface area contributed by atoms with Crippen LogP contribution in [0.15, 0.2) is 0 Å². The van der Waals surface area contributed by atoms with Crippen molar-refractivity contribution in [2.24, 2.45) is 17.8 Å². The second-order valence-electron chi connectivity index (χ2n) is 4.06. The average Bonchev–Trinajstić information content (AvgIpc) is 1.83. The predicted octanol–water partition coefficient (Wildman–Crippen LogP) is 1.62. The Labute approximate surface area is 74.0 Å². The van der Waals surface area contributed by atoms with E-state index < -0.39 is 0 Å². The molecule has 1 aliphatic rings. The van der Waals surface area contributed by atoms with Crippen molar-refractivity contribution in [2.75, 3.05) is 6.61 Å². The zero-order chi connectivity index (χ0) is 9.14. The number of carbonyl (C=O) groups is 1. The second kappa shape index (κ2) is 4.04. The van der Waals surface area contributed by atoms with Gasteiger partial charge in [-0.1, -0.05) is 20.3 Å². The van der Waals surface area contributed by atoms with Crippen LogP contribution in [0.4, 0.5) is 0 Å². The van der Waals surface area contributed by atoms with E-state index in [1.807, 2.05) is 13.8 Å². The van der Waals surface area contributed by atoms with E-state index in [4.69, 9.17) is 5.11 Å². The van der Waals surface area contributed by atoms with E-state index in [2.05, 4.69) is 0 Å². The number of hydrogen-bond acceptors (Lipinski definition) is 2. The summed E-state index contributed by atoms with van der Waals surface area (Å²) in [6, 6.07) is 0. The summed E-state index contributed by atoms with van der Waals surface area (Å²) in [4.78, 5) is 11.6. The molecular formula is C10H18O2. The summed E-state index contributed by atoms with van der Waals surface area (Å²) in [5.74, 6) is 0.724. The Morgan fingerprint density at radius 2 is 2.08 bits per heavy atom. The molecule has 70 valence electrons. The van der Waals surface area contributed by atoms with Crippen LogP contribution in [-0.4, -0.2) is 17.5 Å². The summed E-state index contributed by atoms with van der Waals surface area (Å²) in [7, 11) is 0. The van der Waals surface area contributed by atoms with Crippen molar-refractivity contribution in [3.63, 3.8) is 0 Å². The molecule has 0 bridgehead atoms. The molecule has 1 N–H and O–H groups in total. The molecule has 0 heterocycles. The Balaban J connectivity index is 2.46. The van der Waals surface area contributed by atoms with Crippen molar-refractivity contribution in [2.45, 2.75) is 33.1 Å². The zero-order valence-electron chi connectivity index (χ0n) is 7.92. The molecule has 0 spiro atoms. The summed E-state index contributed by atoms with van der Waals surface area (Å²) in [6.07, 6.45) is 3.27. The van der Waals surface area contributed by atoms with E-state index in [9.17, 15) is 4.79 Å². The number of aliphatic hydroxyl groups is 1. The number of ketones is 1. The molecule has 1 saturated carbocycles. The van der Waals surface area contributed by atoms with Gasteiger partial charge in [-0.05, 0) is 18.8 Å². The molecule has 0 aromatic heterocycles. The normalized spacial score (nSPS) is 20.7. The molecule has 1 atom stereocenters. The molecule has 12 heavy (non-hydrogen) atoms. The number of rotatable bonds is 4. The molecule has 1 aliphatic carbocycles. The van der Waals surface area contributed by atoms with Crippen LogP contribution in [0.25, 0.3) is 0 Å². The van der Waals surface area contributed by atoms with Crippen molar-refractivity contribution in [1.82, 2.24) is 0 Å². The van der Waals surface area contributed by atoms with Crippen LogP contribution in [0.5, 0.6) is 0 Å². The Bertz CT molecular complexity index is 159. The van der Waals surface area contributed by atoms with Gasteiger partial charge in [-0.25, -0.2) is 0 Å². The molecule has 0 amide bonds. The van der Waals surface area contributed by atoms with Gasteiger partial charge < -0.3 is 5.11 Å². The quantitative estimate of drug-likeness (QED) is 0.696. The van der Waals surface area contributed by atoms with E-state index in [0.29, 0.717) is 5.78 Å². The van der Waals surface area contributed by atoms with E-state index in [1.165, 1.54) is 6.42 Å². The lowest BCUT2D eigenvalue weighted by Gasteiger charge is -2.29. The van der Waals surface area contributed by atoms with Gasteiger partial charge in [-0.2, -0.15) is 0 Å². The standard InChI is InChI=1S/C10H18O2/c1-7(2)9(6-11)10(12)8-4-3-5-8/h7-9,11H,3-6H2,1-2H3. The van der Waals surface area contributed by atoms with Crippen LogP contribution in [0.1, 0.15) is 33.1 Å². The third kappa shape index (κ3) is 1.86. The van der Waals surface area contributed by atoms with E-state index in [1.54, 1.807) is 0 Å². The van der Waals surface area contributed by atoms with Crippen molar-refractivity contribution < 1.29 is 9.90 Å². The Morgan fingerprint density at radius 3 is 2.33 bits per heavy atom. The highest BCUT2D eigenvalue weighted by atomic mass is 16.3. The smallest absolute Gasteiger partial charge is 0.141 e. The third-order valence-corrected chi connectivity index (χ3v) is 2.87. The van der Waals surface area contributed by atoms with Gasteiger partial charge >= 0.3 is 0 Å². The highest BCUT2D eigenvalue weighted by Gasteiger charge is 2.32. The molecule has 0 aromatic rings. The fourth-order valence-corrected chi connectivity index (χ4v) is 1.62. The average molecular weight is 170 g/mol. The lowest BCUT2D eigenvalue weighted by molar-refractivity contribution is -0.132. The van der Waals surface area contributed by atoms with Gasteiger partial charge in [-0.3, -0.25) is 4.79 Å². The zero-order valence-corrected chi connectivity index (χ0v) is 7.92. The maximum atomic E-state index is 11.6. The van der Waals surface area contributed by atoms with Crippen LogP contribution >= 0.6 is 0 Å². The van der Waals surface area contributed by atoms with Crippen molar-refractivity contribution in [3.8, 4) is 0 Å². The van der Waals surface area contributed by atoms with Gasteiger partial charge in [0, 0.05) is 11.8 Å². The summed E-state index contributed by atoms with van der Waals surface area (Å²) >= 11 is 0. The second-order valence-corrected chi connectivity index (χ2v) is 4.06. The number of Topliss-reactive ketones (excluding diaryl/α,β-unsaturated/α-hetero) is 1. The van der Waals surface area contributed by atoms with Crippen LogP contribution < -0.4 is 0 Å². The monoisotopic (exact) mass is 170 g/mol. The van der Waals surface area contributed by atoms with E-state index in [-0.39, 0.29) is 24.4 Å². The molecule has 0 aromatic carbocycles. The van der Waals surface area contributed by atoms with E-state index in [0.717, 1.165) is 12.8 Å². The van der Waals surface area contributed by atoms with Crippen LogP contribution in [0.2, 0.25) is 0 Å².